The van der Waals surface area contributed by atoms with Crippen molar-refractivity contribution in [3.8, 4) is 0 Å². The van der Waals surface area contributed by atoms with E-state index in [-0.39, 0.29) is 10.2 Å². The number of urea groups is 1. The van der Waals surface area contributed by atoms with Gasteiger partial charge >= 0.3 is 6.03 Å². The SMILES string of the molecule is C[C@H](NC(=O)Nc1cc(F)c(Br)cc1F)C(N)=O. The van der Waals surface area contributed by atoms with Crippen LogP contribution in [0, 0.1) is 11.6 Å². The Morgan fingerprint density at radius 2 is 1.94 bits per heavy atom. The highest BCUT2D eigenvalue weighted by Gasteiger charge is 2.14. The molecule has 8 heteroatoms. The Morgan fingerprint density at radius 3 is 2.50 bits per heavy atom. The fourth-order valence-electron chi connectivity index (χ4n) is 1.04. The molecule has 98 valence electrons. The van der Waals surface area contributed by atoms with Crippen LogP contribution >= 0.6 is 15.9 Å². The molecule has 5 nitrogen and oxygen atoms in total. The molecule has 0 radical (unpaired) electrons. The van der Waals surface area contributed by atoms with Gasteiger partial charge in [0.15, 0.2) is 0 Å². The minimum Gasteiger partial charge on any atom is -0.368 e. The molecule has 0 bridgehead atoms. The molecule has 1 aromatic carbocycles. The van der Waals surface area contributed by atoms with Gasteiger partial charge in [0.25, 0.3) is 0 Å². The number of nitrogens with two attached hydrogens (primary N) is 1. The van der Waals surface area contributed by atoms with Crippen molar-refractivity contribution in [1.82, 2.24) is 5.32 Å². The Bertz CT molecular complexity index is 496. The van der Waals surface area contributed by atoms with Gasteiger partial charge in [0.1, 0.15) is 17.7 Å². The largest absolute Gasteiger partial charge is 0.368 e. The topological polar surface area (TPSA) is 84.2 Å². The van der Waals surface area contributed by atoms with Crippen molar-refractivity contribution in [2.45, 2.75) is 13.0 Å². The summed E-state index contributed by atoms with van der Waals surface area (Å²) < 4.78 is 26.4. The lowest BCUT2D eigenvalue weighted by Crippen LogP contribution is -2.44. The maximum atomic E-state index is 13.4. The van der Waals surface area contributed by atoms with Crippen molar-refractivity contribution in [2.24, 2.45) is 5.73 Å². The van der Waals surface area contributed by atoms with E-state index >= 15 is 0 Å². The minimum atomic E-state index is -0.923. The molecule has 4 N–H and O–H groups in total. The predicted octanol–water partition coefficient (Wildman–Crippen LogP) is 1.72. The second-order valence-corrected chi connectivity index (χ2v) is 4.32. The molecule has 0 saturated carbocycles. The highest BCUT2D eigenvalue weighted by Crippen LogP contribution is 2.23. The van der Waals surface area contributed by atoms with Crippen molar-refractivity contribution in [3.05, 3.63) is 28.2 Å². The van der Waals surface area contributed by atoms with E-state index < -0.39 is 29.6 Å². The Morgan fingerprint density at radius 1 is 1.33 bits per heavy atom. The molecule has 1 aromatic rings. The molecule has 1 atom stereocenters. The molecule has 3 amide bonds. The standard InChI is InChI=1S/C10H10BrF2N3O2/c1-4(9(14)17)15-10(18)16-8-3-6(12)5(11)2-7(8)13/h2-4H,1H3,(H2,14,17)(H2,15,16,18)/t4-/m0/s1. The number of hydrogen-bond donors (Lipinski definition) is 3. The summed E-state index contributed by atoms with van der Waals surface area (Å²) in [6.07, 6.45) is 0. The van der Waals surface area contributed by atoms with Gasteiger partial charge in [-0.05, 0) is 28.9 Å². The van der Waals surface area contributed by atoms with E-state index in [0.717, 1.165) is 12.1 Å². The van der Waals surface area contributed by atoms with Crippen LogP contribution in [-0.2, 0) is 4.79 Å². The van der Waals surface area contributed by atoms with E-state index in [9.17, 15) is 18.4 Å². The number of amides is 3. The summed E-state index contributed by atoms with van der Waals surface area (Å²) in [4.78, 5) is 22.0. The third-order valence-corrected chi connectivity index (χ3v) is 2.64. The molecule has 0 saturated heterocycles. The molecule has 1 rings (SSSR count). The summed E-state index contributed by atoms with van der Waals surface area (Å²) in [7, 11) is 0. The zero-order valence-corrected chi connectivity index (χ0v) is 10.8. The highest BCUT2D eigenvalue weighted by atomic mass is 79.9. The zero-order valence-electron chi connectivity index (χ0n) is 9.26. The number of carbonyl (C=O) groups is 2. The number of carbonyl (C=O) groups excluding carboxylic acids is 2. The van der Waals surface area contributed by atoms with Crippen LogP contribution in [0.3, 0.4) is 0 Å². The van der Waals surface area contributed by atoms with E-state index in [1.165, 1.54) is 6.92 Å². The third-order valence-electron chi connectivity index (χ3n) is 2.03. The smallest absolute Gasteiger partial charge is 0.319 e. The molecule has 0 unspecified atom stereocenters. The molecule has 0 spiro atoms. The van der Waals surface area contributed by atoms with Gasteiger partial charge in [0, 0.05) is 6.07 Å². The third kappa shape index (κ3) is 3.66. The van der Waals surface area contributed by atoms with Gasteiger partial charge < -0.3 is 16.4 Å². The van der Waals surface area contributed by atoms with E-state index in [4.69, 9.17) is 5.73 Å². The zero-order chi connectivity index (χ0) is 13.9. The van der Waals surface area contributed by atoms with Crippen LogP contribution in [-0.4, -0.2) is 18.0 Å². The molecule has 0 heterocycles. The molecule has 0 aliphatic carbocycles. The number of anilines is 1. The Labute approximate surface area is 110 Å². The second kappa shape index (κ2) is 5.76. The predicted molar refractivity (Wildman–Crippen MR) is 64.9 cm³/mol. The molecular formula is C10H10BrF2N3O2. The Hall–Kier alpha value is -1.70. The van der Waals surface area contributed by atoms with E-state index in [2.05, 4.69) is 26.6 Å². The number of primary amides is 1. The summed E-state index contributed by atoms with van der Waals surface area (Å²) in [5, 5.41) is 4.23. The second-order valence-electron chi connectivity index (χ2n) is 3.47. The van der Waals surface area contributed by atoms with E-state index in [1.807, 2.05) is 0 Å². The first kappa shape index (κ1) is 14.4. The molecule has 0 aromatic heterocycles. The quantitative estimate of drug-likeness (QED) is 0.741. The van der Waals surface area contributed by atoms with Gasteiger partial charge in [-0.1, -0.05) is 0 Å². The summed E-state index contributed by atoms with van der Waals surface area (Å²) in [5.74, 6) is -2.28. The average Bonchev–Trinajstić information content (AvgIpc) is 2.25. The van der Waals surface area contributed by atoms with Crippen molar-refractivity contribution >= 4 is 33.6 Å². The average molecular weight is 322 g/mol. The van der Waals surface area contributed by atoms with E-state index in [1.54, 1.807) is 0 Å². The maximum absolute atomic E-state index is 13.4. The lowest BCUT2D eigenvalue weighted by molar-refractivity contribution is -0.119. The first-order valence-electron chi connectivity index (χ1n) is 4.82. The number of benzene rings is 1. The first-order chi connectivity index (χ1) is 8.31. The fraction of sp³-hybridized carbons (Fsp3) is 0.200. The van der Waals surface area contributed by atoms with Gasteiger partial charge in [0.05, 0.1) is 10.2 Å². The van der Waals surface area contributed by atoms with Crippen LogP contribution in [0.5, 0.6) is 0 Å². The van der Waals surface area contributed by atoms with Gasteiger partial charge in [-0.3, -0.25) is 4.79 Å². The molecule has 0 fully saturated rings. The summed E-state index contributed by atoms with van der Waals surface area (Å²) in [6, 6.07) is -0.0913. The number of nitrogens with one attached hydrogen (secondary N) is 2. The number of rotatable bonds is 3. The van der Waals surface area contributed by atoms with Gasteiger partial charge in [-0.2, -0.15) is 0 Å². The number of hydrogen-bond acceptors (Lipinski definition) is 2. The van der Waals surface area contributed by atoms with Crippen molar-refractivity contribution in [2.75, 3.05) is 5.32 Å². The summed E-state index contributed by atoms with van der Waals surface area (Å²) >= 11 is 2.80. The normalized spacial score (nSPS) is 11.8. The lowest BCUT2D eigenvalue weighted by Gasteiger charge is -2.12. The van der Waals surface area contributed by atoms with Crippen LogP contribution < -0.4 is 16.4 Å². The highest BCUT2D eigenvalue weighted by molar-refractivity contribution is 9.10. The van der Waals surface area contributed by atoms with E-state index in [0.29, 0.717) is 0 Å². The minimum absolute atomic E-state index is 0.0588. The summed E-state index contributed by atoms with van der Waals surface area (Å²) in [6.45, 7) is 1.36. The van der Waals surface area contributed by atoms with Crippen LogP contribution in [0.25, 0.3) is 0 Å². The molecule has 0 aliphatic rings. The monoisotopic (exact) mass is 321 g/mol. The van der Waals surface area contributed by atoms with Crippen molar-refractivity contribution < 1.29 is 18.4 Å². The Kier molecular flexibility index (Phi) is 4.60. The first-order valence-corrected chi connectivity index (χ1v) is 5.62. The van der Waals surface area contributed by atoms with Crippen LogP contribution in [0.2, 0.25) is 0 Å². The molecule has 0 aliphatic heterocycles. The van der Waals surface area contributed by atoms with Crippen molar-refractivity contribution in [1.29, 1.82) is 0 Å². The van der Waals surface area contributed by atoms with Gasteiger partial charge in [-0.25, -0.2) is 13.6 Å². The maximum Gasteiger partial charge on any atom is 0.319 e. The lowest BCUT2D eigenvalue weighted by atomic mass is 10.3. The summed E-state index contributed by atoms with van der Waals surface area (Å²) in [5.41, 5.74) is 4.59. The fourth-order valence-corrected chi connectivity index (χ4v) is 1.36. The Balaban J connectivity index is 2.76. The van der Waals surface area contributed by atoms with Gasteiger partial charge in [-0.15, -0.1) is 0 Å². The van der Waals surface area contributed by atoms with Crippen LogP contribution in [0.15, 0.2) is 16.6 Å². The number of halogens is 3. The van der Waals surface area contributed by atoms with Gasteiger partial charge in [0.2, 0.25) is 5.91 Å². The van der Waals surface area contributed by atoms with Crippen LogP contribution in [0.4, 0.5) is 19.3 Å². The molecular weight excluding hydrogens is 312 g/mol. The van der Waals surface area contributed by atoms with Crippen LogP contribution in [0.1, 0.15) is 6.92 Å². The molecule has 18 heavy (non-hydrogen) atoms. The van der Waals surface area contributed by atoms with Crippen molar-refractivity contribution in [3.63, 3.8) is 0 Å².